The molecule has 2 aromatic rings. The highest BCUT2D eigenvalue weighted by Gasteiger charge is 2.07. The van der Waals surface area contributed by atoms with Crippen molar-refractivity contribution in [1.82, 2.24) is 10.3 Å². The summed E-state index contributed by atoms with van der Waals surface area (Å²) >= 11 is 8.71. The summed E-state index contributed by atoms with van der Waals surface area (Å²) in [5.41, 5.74) is 1.21. The van der Waals surface area contributed by atoms with Crippen LogP contribution in [0.25, 0.3) is 0 Å². The van der Waals surface area contributed by atoms with Crippen LogP contribution in [0, 0.1) is 0 Å². The summed E-state index contributed by atoms with van der Waals surface area (Å²) in [5, 5.41) is 6.59. The lowest BCUT2D eigenvalue weighted by Gasteiger charge is -2.10. The van der Waals surface area contributed by atoms with Crippen LogP contribution in [-0.4, -0.2) is 18.6 Å². The number of halogens is 2. The Labute approximate surface area is 133 Å². The molecule has 0 spiro atoms. The van der Waals surface area contributed by atoms with Crippen molar-refractivity contribution in [1.29, 1.82) is 0 Å². The van der Waals surface area contributed by atoms with Crippen LogP contribution in [-0.2, 0) is 13.0 Å². The summed E-state index contributed by atoms with van der Waals surface area (Å²) in [5.74, 6) is 0.825. The van der Waals surface area contributed by atoms with Crippen molar-refractivity contribution in [2.24, 2.45) is 0 Å². The first-order valence-electron chi connectivity index (χ1n) is 5.81. The summed E-state index contributed by atoms with van der Waals surface area (Å²) < 4.78 is 7.20. The van der Waals surface area contributed by atoms with E-state index < -0.39 is 0 Å². The molecule has 0 fully saturated rings. The Bertz CT molecular complexity index is 508. The molecule has 0 radical (unpaired) electrons. The van der Waals surface area contributed by atoms with E-state index in [4.69, 9.17) is 4.74 Å². The number of ether oxygens (including phenoxy) is 1. The Morgan fingerprint density at radius 3 is 2.63 bits per heavy atom. The number of hydrogen-bond acceptors (Lipinski definition) is 4. The van der Waals surface area contributed by atoms with Gasteiger partial charge in [0.05, 0.1) is 21.1 Å². The number of nitrogens with one attached hydrogen (secondary N) is 1. The molecule has 1 aromatic carbocycles. The monoisotopic (exact) mass is 404 g/mol. The maximum absolute atomic E-state index is 5.28. The first-order valence-corrected chi connectivity index (χ1v) is 8.28. The lowest BCUT2D eigenvalue weighted by molar-refractivity contribution is 0.409. The highest BCUT2D eigenvalue weighted by molar-refractivity contribution is 9.11. The van der Waals surface area contributed by atoms with Gasteiger partial charge in [0.1, 0.15) is 5.75 Å². The zero-order valence-corrected chi connectivity index (χ0v) is 14.4. The second-order valence-corrected chi connectivity index (χ2v) is 6.63. The fraction of sp³-hybridized carbons (Fsp3) is 0.308. The molecule has 0 bridgehead atoms. The van der Waals surface area contributed by atoms with Crippen LogP contribution in [0.15, 0.2) is 32.7 Å². The van der Waals surface area contributed by atoms with Crippen LogP contribution in [0.3, 0.4) is 0 Å². The molecule has 6 heteroatoms. The van der Waals surface area contributed by atoms with Crippen LogP contribution in [0.1, 0.15) is 10.6 Å². The summed E-state index contributed by atoms with van der Waals surface area (Å²) in [7, 11) is 1.66. The van der Waals surface area contributed by atoms with Crippen molar-refractivity contribution in [2.45, 2.75) is 13.0 Å². The normalized spacial score (nSPS) is 10.7. The van der Waals surface area contributed by atoms with Crippen molar-refractivity contribution < 1.29 is 4.74 Å². The van der Waals surface area contributed by atoms with E-state index in [-0.39, 0.29) is 0 Å². The van der Waals surface area contributed by atoms with E-state index in [0.29, 0.717) is 0 Å². The largest absolute Gasteiger partial charge is 0.494 e. The number of nitrogens with zero attached hydrogens (tertiary/aromatic N) is 1. The van der Waals surface area contributed by atoms with E-state index in [0.717, 1.165) is 34.2 Å². The fourth-order valence-electron chi connectivity index (χ4n) is 1.71. The van der Waals surface area contributed by atoms with Gasteiger partial charge < -0.3 is 10.1 Å². The standard InChI is InChI=1S/C13H14Br2N2OS/c1-18-13-10(14)6-9(7-11(13)15)8-16-3-2-12-17-4-5-19-12/h4-7,16H,2-3,8H2,1H3. The topological polar surface area (TPSA) is 34.1 Å². The number of aromatic nitrogens is 1. The van der Waals surface area contributed by atoms with E-state index in [2.05, 4.69) is 54.3 Å². The lowest BCUT2D eigenvalue weighted by Crippen LogP contribution is -2.16. The smallest absolute Gasteiger partial charge is 0.147 e. The van der Waals surface area contributed by atoms with E-state index in [9.17, 15) is 0 Å². The molecule has 3 nitrogen and oxygen atoms in total. The van der Waals surface area contributed by atoms with Crippen LogP contribution in [0.4, 0.5) is 0 Å². The van der Waals surface area contributed by atoms with Crippen molar-refractivity contribution in [3.05, 3.63) is 43.2 Å². The highest BCUT2D eigenvalue weighted by Crippen LogP contribution is 2.34. The van der Waals surface area contributed by atoms with Gasteiger partial charge in [0.15, 0.2) is 0 Å². The van der Waals surface area contributed by atoms with Crippen LogP contribution in [0.2, 0.25) is 0 Å². The van der Waals surface area contributed by atoms with Gasteiger partial charge in [-0.15, -0.1) is 11.3 Å². The van der Waals surface area contributed by atoms with E-state index in [1.54, 1.807) is 18.4 Å². The molecule has 19 heavy (non-hydrogen) atoms. The third-order valence-electron chi connectivity index (χ3n) is 2.59. The zero-order chi connectivity index (χ0) is 13.7. The molecule has 1 heterocycles. The highest BCUT2D eigenvalue weighted by atomic mass is 79.9. The molecule has 0 aliphatic carbocycles. The summed E-state index contributed by atoms with van der Waals surface area (Å²) in [6.45, 7) is 1.75. The third kappa shape index (κ3) is 4.27. The van der Waals surface area contributed by atoms with Crippen LogP contribution in [0.5, 0.6) is 5.75 Å². The third-order valence-corrected chi connectivity index (χ3v) is 4.61. The molecular formula is C13H14Br2N2OS. The van der Waals surface area contributed by atoms with Gasteiger partial charge in [0, 0.05) is 31.1 Å². The quantitative estimate of drug-likeness (QED) is 0.737. The Kier molecular flexibility index (Phi) is 5.81. The molecule has 0 amide bonds. The first kappa shape index (κ1) is 15.0. The Morgan fingerprint density at radius 2 is 2.05 bits per heavy atom. The van der Waals surface area contributed by atoms with E-state index in [1.165, 1.54) is 10.6 Å². The number of benzene rings is 1. The summed E-state index contributed by atoms with van der Waals surface area (Å²) in [6, 6.07) is 4.14. The van der Waals surface area contributed by atoms with Crippen LogP contribution < -0.4 is 10.1 Å². The van der Waals surface area contributed by atoms with Gasteiger partial charge in [-0.3, -0.25) is 0 Å². The molecule has 0 aliphatic heterocycles. The van der Waals surface area contributed by atoms with Crippen molar-refractivity contribution >= 4 is 43.2 Å². The van der Waals surface area contributed by atoms with Gasteiger partial charge in [0.25, 0.3) is 0 Å². The molecule has 0 saturated heterocycles. The number of thiazole rings is 1. The van der Waals surface area contributed by atoms with Gasteiger partial charge in [-0.2, -0.15) is 0 Å². The summed E-state index contributed by atoms with van der Waals surface area (Å²) in [4.78, 5) is 4.26. The molecule has 1 N–H and O–H groups in total. The predicted octanol–water partition coefficient (Wildman–Crippen LogP) is 4.01. The first-order chi connectivity index (χ1) is 9.20. The second-order valence-electron chi connectivity index (χ2n) is 3.95. The maximum Gasteiger partial charge on any atom is 0.147 e. The zero-order valence-electron chi connectivity index (χ0n) is 10.5. The average Bonchev–Trinajstić information content (AvgIpc) is 2.87. The van der Waals surface area contributed by atoms with Gasteiger partial charge in [-0.1, -0.05) is 0 Å². The predicted molar refractivity (Wildman–Crippen MR) is 85.9 cm³/mol. The Morgan fingerprint density at radius 1 is 1.32 bits per heavy atom. The average molecular weight is 406 g/mol. The second kappa shape index (κ2) is 7.38. The lowest BCUT2D eigenvalue weighted by atomic mass is 10.2. The molecule has 0 aliphatic rings. The van der Waals surface area contributed by atoms with E-state index >= 15 is 0 Å². The van der Waals surface area contributed by atoms with Gasteiger partial charge in [-0.25, -0.2) is 4.98 Å². The van der Waals surface area contributed by atoms with Crippen molar-refractivity contribution in [3.63, 3.8) is 0 Å². The van der Waals surface area contributed by atoms with E-state index in [1.807, 2.05) is 11.6 Å². The van der Waals surface area contributed by atoms with Crippen LogP contribution >= 0.6 is 43.2 Å². The maximum atomic E-state index is 5.28. The number of hydrogen-bond donors (Lipinski definition) is 1. The number of rotatable bonds is 6. The molecule has 0 saturated carbocycles. The minimum Gasteiger partial charge on any atom is -0.494 e. The minimum atomic E-state index is 0.825. The summed E-state index contributed by atoms with van der Waals surface area (Å²) in [6.07, 6.45) is 2.81. The fourth-order valence-corrected chi connectivity index (χ4v) is 3.94. The van der Waals surface area contributed by atoms with Gasteiger partial charge in [0.2, 0.25) is 0 Å². The van der Waals surface area contributed by atoms with Crippen molar-refractivity contribution in [3.8, 4) is 5.75 Å². The van der Waals surface area contributed by atoms with Gasteiger partial charge in [-0.05, 0) is 49.6 Å². The number of methoxy groups -OCH3 is 1. The molecule has 1 aromatic heterocycles. The molecule has 2 rings (SSSR count). The molecule has 0 unspecified atom stereocenters. The molecule has 0 atom stereocenters. The molecule has 102 valence electrons. The van der Waals surface area contributed by atoms with Crippen molar-refractivity contribution in [2.75, 3.05) is 13.7 Å². The SMILES string of the molecule is COc1c(Br)cc(CNCCc2nccs2)cc1Br. The minimum absolute atomic E-state index is 0.825. The Hall–Kier alpha value is -0.430. The Balaban J connectivity index is 1.86. The van der Waals surface area contributed by atoms with Gasteiger partial charge >= 0.3 is 0 Å². The molecular weight excluding hydrogens is 392 g/mol.